The lowest BCUT2D eigenvalue weighted by Crippen LogP contribution is -2.33. The van der Waals surface area contributed by atoms with Gasteiger partial charge in [0.2, 0.25) is 11.8 Å². The Morgan fingerprint density at radius 1 is 0.846 bits per heavy atom. The molecule has 2 saturated carbocycles. The Hall–Kier alpha value is -2.42. The molecule has 0 spiro atoms. The Morgan fingerprint density at radius 2 is 1.58 bits per heavy atom. The van der Waals surface area contributed by atoms with Crippen LogP contribution in [-0.4, -0.2) is 11.8 Å². The van der Waals surface area contributed by atoms with Crippen LogP contribution in [0.2, 0.25) is 0 Å². The van der Waals surface area contributed by atoms with E-state index in [1.165, 1.54) is 16.0 Å². The summed E-state index contributed by atoms with van der Waals surface area (Å²) in [5, 5.41) is 0. The fraction of sp³-hybridized carbons (Fsp3) is 0.391. The van der Waals surface area contributed by atoms with Crippen LogP contribution in [0.25, 0.3) is 0 Å². The lowest BCUT2D eigenvalue weighted by atomic mass is 9.73. The summed E-state index contributed by atoms with van der Waals surface area (Å²) < 4.78 is 0. The van der Waals surface area contributed by atoms with E-state index < -0.39 is 0 Å². The quantitative estimate of drug-likeness (QED) is 0.764. The molecule has 1 aliphatic heterocycles. The van der Waals surface area contributed by atoms with Crippen molar-refractivity contribution >= 4 is 17.5 Å². The summed E-state index contributed by atoms with van der Waals surface area (Å²) in [6.45, 7) is 4.08. The minimum absolute atomic E-state index is 0.0244. The van der Waals surface area contributed by atoms with E-state index in [2.05, 4.69) is 24.3 Å². The van der Waals surface area contributed by atoms with Gasteiger partial charge in [-0.05, 0) is 73.3 Å². The van der Waals surface area contributed by atoms with Crippen LogP contribution < -0.4 is 4.90 Å². The minimum atomic E-state index is -0.131. The van der Waals surface area contributed by atoms with Crippen molar-refractivity contribution in [3.8, 4) is 0 Å². The summed E-state index contributed by atoms with van der Waals surface area (Å²) in [6.07, 6.45) is 2.06. The summed E-state index contributed by atoms with van der Waals surface area (Å²) in [7, 11) is 0. The molecule has 0 N–H and O–H groups in total. The molecule has 3 fully saturated rings. The molecule has 132 valence electrons. The van der Waals surface area contributed by atoms with Crippen molar-refractivity contribution < 1.29 is 9.59 Å². The van der Waals surface area contributed by atoms with Gasteiger partial charge in [-0.25, -0.2) is 0 Å². The number of amides is 2. The minimum Gasteiger partial charge on any atom is -0.274 e. The number of benzene rings is 2. The monoisotopic (exact) mass is 345 g/mol. The van der Waals surface area contributed by atoms with Gasteiger partial charge < -0.3 is 0 Å². The molecule has 1 heterocycles. The molecule has 0 aromatic heterocycles. The van der Waals surface area contributed by atoms with Gasteiger partial charge in [-0.15, -0.1) is 0 Å². The van der Waals surface area contributed by atoms with Crippen molar-refractivity contribution in [1.82, 2.24) is 0 Å². The molecule has 3 heteroatoms. The third-order valence-electron chi connectivity index (χ3n) is 6.99. The van der Waals surface area contributed by atoms with Gasteiger partial charge in [0.25, 0.3) is 0 Å². The largest absolute Gasteiger partial charge is 0.274 e. The van der Waals surface area contributed by atoms with Crippen LogP contribution in [0.15, 0.2) is 48.5 Å². The van der Waals surface area contributed by atoms with E-state index in [0.717, 1.165) is 24.1 Å². The number of rotatable bonds is 2. The third-order valence-corrected chi connectivity index (χ3v) is 6.99. The van der Waals surface area contributed by atoms with Crippen molar-refractivity contribution in [3.05, 3.63) is 65.2 Å². The molecule has 5 unspecified atom stereocenters. The van der Waals surface area contributed by atoms with Crippen LogP contribution in [-0.2, 0) is 9.59 Å². The van der Waals surface area contributed by atoms with E-state index in [1.54, 1.807) is 0 Å². The number of carbonyl (C=O) groups excluding carboxylic acids is 2. The molecule has 2 aliphatic carbocycles. The first kappa shape index (κ1) is 15.8. The maximum absolute atomic E-state index is 13.3. The number of fused-ring (bicyclic) bond motifs is 5. The van der Waals surface area contributed by atoms with E-state index in [-0.39, 0.29) is 23.7 Å². The van der Waals surface area contributed by atoms with Gasteiger partial charge in [0.05, 0.1) is 17.5 Å². The zero-order valence-electron chi connectivity index (χ0n) is 15.2. The second-order valence-corrected chi connectivity index (χ2v) is 8.24. The maximum atomic E-state index is 13.3. The predicted molar refractivity (Wildman–Crippen MR) is 101 cm³/mol. The van der Waals surface area contributed by atoms with Crippen LogP contribution in [0.1, 0.15) is 35.4 Å². The zero-order valence-corrected chi connectivity index (χ0v) is 15.2. The van der Waals surface area contributed by atoms with E-state index in [0.29, 0.717) is 17.8 Å². The topological polar surface area (TPSA) is 37.4 Å². The molecule has 2 aromatic carbocycles. The number of carbonyl (C=O) groups is 2. The van der Waals surface area contributed by atoms with E-state index >= 15 is 0 Å². The normalized spacial score (nSPS) is 32.4. The van der Waals surface area contributed by atoms with Gasteiger partial charge >= 0.3 is 0 Å². The number of anilines is 1. The van der Waals surface area contributed by atoms with Crippen LogP contribution in [0.4, 0.5) is 5.69 Å². The molecule has 3 nitrogen and oxygen atoms in total. The van der Waals surface area contributed by atoms with Crippen LogP contribution in [0.3, 0.4) is 0 Å². The van der Waals surface area contributed by atoms with Crippen molar-refractivity contribution in [3.63, 3.8) is 0 Å². The summed E-state index contributed by atoms with van der Waals surface area (Å²) in [5.74, 6) is 0.892. The number of hydrogen-bond donors (Lipinski definition) is 0. The first-order chi connectivity index (χ1) is 12.6. The molecule has 2 amide bonds. The summed E-state index contributed by atoms with van der Waals surface area (Å²) in [5.41, 5.74) is 4.36. The van der Waals surface area contributed by atoms with E-state index in [9.17, 15) is 9.59 Å². The Kier molecular flexibility index (Phi) is 3.37. The van der Waals surface area contributed by atoms with Gasteiger partial charge in [0, 0.05) is 0 Å². The Bertz CT molecular complexity index is 904. The molecule has 2 bridgehead atoms. The van der Waals surface area contributed by atoms with Crippen LogP contribution >= 0.6 is 0 Å². The maximum Gasteiger partial charge on any atom is 0.237 e. The number of aryl methyl sites for hydroxylation is 2. The standard InChI is InChI=1S/C23H23NO2/c1-13-8-9-17(10-14(13)2)24-22(25)20-16-11-18(15-6-4-3-5-7-15)19(12-16)21(20)23(24)26/h3-10,16,18-21H,11-12H2,1-2H3. The fourth-order valence-corrected chi connectivity index (χ4v) is 5.66. The highest BCUT2D eigenvalue weighted by Gasteiger charge is 2.64. The molecule has 26 heavy (non-hydrogen) atoms. The number of hydrogen-bond acceptors (Lipinski definition) is 2. The summed E-state index contributed by atoms with van der Waals surface area (Å²) in [6, 6.07) is 16.4. The van der Waals surface area contributed by atoms with Gasteiger partial charge in [-0.1, -0.05) is 36.4 Å². The lowest BCUT2D eigenvalue weighted by Gasteiger charge is -2.28. The van der Waals surface area contributed by atoms with Crippen molar-refractivity contribution in [2.24, 2.45) is 23.7 Å². The second-order valence-electron chi connectivity index (χ2n) is 8.24. The molecule has 1 saturated heterocycles. The zero-order chi connectivity index (χ0) is 18.0. The van der Waals surface area contributed by atoms with Crippen molar-refractivity contribution in [2.75, 3.05) is 4.90 Å². The average Bonchev–Trinajstić information content (AvgIpc) is 3.30. The number of imide groups is 1. The van der Waals surface area contributed by atoms with Crippen LogP contribution in [0.5, 0.6) is 0 Å². The predicted octanol–water partition coefficient (Wildman–Crippen LogP) is 4.23. The fourth-order valence-electron chi connectivity index (χ4n) is 5.66. The smallest absolute Gasteiger partial charge is 0.237 e. The third kappa shape index (κ3) is 2.06. The van der Waals surface area contributed by atoms with Gasteiger partial charge in [-0.3, -0.25) is 14.5 Å². The molecule has 2 aromatic rings. The SMILES string of the molecule is Cc1ccc(N2C(=O)C3C4CC(c5ccccc5)C(C4)C3C2=O)cc1C. The van der Waals surface area contributed by atoms with Crippen molar-refractivity contribution in [2.45, 2.75) is 32.6 Å². The molecule has 3 aliphatic rings. The number of nitrogens with zero attached hydrogens (tertiary/aromatic N) is 1. The van der Waals surface area contributed by atoms with Gasteiger partial charge in [0.1, 0.15) is 0 Å². The Balaban J connectivity index is 1.50. The Labute approximate surface area is 154 Å². The molecule has 5 atom stereocenters. The highest BCUT2D eigenvalue weighted by molar-refractivity contribution is 6.22. The van der Waals surface area contributed by atoms with Gasteiger partial charge in [0.15, 0.2) is 0 Å². The second kappa shape index (κ2) is 5.54. The van der Waals surface area contributed by atoms with Gasteiger partial charge in [-0.2, -0.15) is 0 Å². The van der Waals surface area contributed by atoms with E-state index in [1.807, 2.05) is 38.1 Å². The van der Waals surface area contributed by atoms with Crippen molar-refractivity contribution in [1.29, 1.82) is 0 Å². The molecule has 5 rings (SSSR count). The highest BCUT2D eigenvalue weighted by atomic mass is 16.2. The molecule has 0 radical (unpaired) electrons. The Morgan fingerprint density at radius 3 is 2.31 bits per heavy atom. The lowest BCUT2D eigenvalue weighted by molar-refractivity contribution is -0.123. The summed E-state index contributed by atoms with van der Waals surface area (Å²) >= 11 is 0. The average molecular weight is 345 g/mol. The highest BCUT2D eigenvalue weighted by Crippen LogP contribution is 2.61. The first-order valence-electron chi connectivity index (χ1n) is 9.56. The van der Waals surface area contributed by atoms with Crippen LogP contribution in [0, 0.1) is 37.5 Å². The summed E-state index contributed by atoms with van der Waals surface area (Å²) in [4.78, 5) is 27.9. The first-order valence-corrected chi connectivity index (χ1v) is 9.56. The molecular weight excluding hydrogens is 322 g/mol. The van der Waals surface area contributed by atoms with E-state index in [4.69, 9.17) is 0 Å². The molecular formula is C23H23NO2.